The minimum Gasteiger partial charge on any atom is -0.457 e. The monoisotopic (exact) mass is 317 g/mol. The standard InChI is InChI=1S/C17H16ClNO3/c1-11-6-7-14(9-16(11)19-12(2)20)17(21)22-10-13-4-3-5-15(18)8-13/h3-9H,10H2,1-2H3,(H,19,20). The van der Waals surface area contributed by atoms with Gasteiger partial charge in [0.25, 0.3) is 0 Å². The first-order chi connectivity index (χ1) is 10.5. The van der Waals surface area contributed by atoms with Gasteiger partial charge in [-0.1, -0.05) is 29.8 Å². The number of benzene rings is 2. The van der Waals surface area contributed by atoms with Crippen LogP contribution in [0.4, 0.5) is 5.69 Å². The predicted molar refractivity (Wildman–Crippen MR) is 86.1 cm³/mol. The highest BCUT2D eigenvalue weighted by molar-refractivity contribution is 6.30. The molecule has 0 saturated heterocycles. The largest absolute Gasteiger partial charge is 0.457 e. The molecule has 4 nitrogen and oxygen atoms in total. The highest BCUT2D eigenvalue weighted by Gasteiger charge is 2.10. The first kappa shape index (κ1) is 16.0. The van der Waals surface area contributed by atoms with Crippen LogP contribution in [-0.4, -0.2) is 11.9 Å². The zero-order valence-corrected chi connectivity index (χ0v) is 13.1. The highest BCUT2D eigenvalue weighted by Crippen LogP contribution is 2.18. The maximum absolute atomic E-state index is 12.1. The van der Waals surface area contributed by atoms with Gasteiger partial charge < -0.3 is 10.1 Å². The molecule has 0 heterocycles. The number of hydrogen-bond donors (Lipinski definition) is 1. The molecule has 0 aromatic heterocycles. The van der Waals surface area contributed by atoms with Crippen molar-refractivity contribution in [1.29, 1.82) is 0 Å². The van der Waals surface area contributed by atoms with Gasteiger partial charge in [-0.3, -0.25) is 4.79 Å². The van der Waals surface area contributed by atoms with Gasteiger partial charge in [-0.25, -0.2) is 4.79 Å². The van der Waals surface area contributed by atoms with Gasteiger partial charge in [0.05, 0.1) is 5.56 Å². The number of ether oxygens (including phenoxy) is 1. The van der Waals surface area contributed by atoms with Crippen LogP contribution in [0.2, 0.25) is 5.02 Å². The maximum atomic E-state index is 12.1. The molecule has 0 aliphatic rings. The van der Waals surface area contributed by atoms with Gasteiger partial charge in [0.15, 0.2) is 0 Å². The lowest BCUT2D eigenvalue weighted by Gasteiger charge is -2.09. The van der Waals surface area contributed by atoms with E-state index >= 15 is 0 Å². The van der Waals surface area contributed by atoms with E-state index < -0.39 is 5.97 Å². The molecule has 22 heavy (non-hydrogen) atoms. The number of carbonyl (C=O) groups is 2. The molecular weight excluding hydrogens is 302 g/mol. The first-order valence-corrected chi connectivity index (χ1v) is 7.13. The molecule has 1 amide bonds. The number of rotatable bonds is 4. The zero-order valence-electron chi connectivity index (χ0n) is 12.4. The fourth-order valence-corrected chi connectivity index (χ4v) is 2.15. The molecule has 0 radical (unpaired) electrons. The van der Waals surface area contributed by atoms with Crippen molar-refractivity contribution < 1.29 is 14.3 Å². The number of halogens is 1. The molecule has 2 rings (SSSR count). The molecule has 0 unspecified atom stereocenters. The third-order valence-electron chi connectivity index (χ3n) is 3.04. The molecule has 0 saturated carbocycles. The van der Waals surface area contributed by atoms with Crippen molar-refractivity contribution >= 4 is 29.2 Å². The third kappa shape index (κ3) is 4.33. The summed E-state index contributed by atoms with van der Waals surface area (Å²) in [4.78, 5) is 23.2. The van der Waals surface area contributed by atoms with Gasteiger partial charge >= 0.3 is 5.97 Å². The number of anilines is 1. The molecular formula is C17H16ClNO3. The molecule has 2 aromatic carbocycles. The van der Waals surface area contributed by atoms with Crippen LogP contribution in [0.5, 0.6) is 0 Å². The number of esters is 1. The van der Waals surface area contributed by atoms with Crippen LogP contribution >= 0.6 is 11.6 Å². The van der Waals surface area contributed by atoms with Gasteiger partial charge in [-0.15, -0.1) is 0 Å². The second-order valence-electron chi connectivity index (χ2n) is 4.92. The van der Waals surface area contributed by atoms with Crippen LogP contribution in [-0.2, 0) is 16.1 Å². The number of hydrogen-bond acceptors (Lipinski definition) is 3. The number of carbonyl (C=O) groups excluding carboxylic acids is 2. The normalized spacial score (nSPS) is 10.1. The number of aryl methyl sites for hydroxylation is 1. The minimum absolute atomic E-state index is 0.142. The Bertz CT molecular complexity index is 713. The molecule has 0 bridgehead atoms. The molecule has 5 heteroatoms. The van der Waals surface area contributed by atoms with Crippen LogP contribution in [0.1, 0.15) is 28.4 Å². The lowest BCUT2D eigenvalue weighted by molar-refractivity contribution is -0.114. The quantitative estimate of drug-likeness (QED) is 0.868. The van der Waals surface area contributed by atoms with Crippen molar-refractivity contribution in [1.82, 2.24) is 0 Å². The van der Waals surface area contributed by atoms with Crippen molar-refractivity contribution in [2.45, 2.75) is 20.5 Å². The molecule has 0 aliphatic carbocycles. The van der Waals surface area contributed by atoms with Crippen molar-refractivity contribution in [3.05, 3.63) is 64.2 Å². The van der Waals surface area contributed by atoms with Gasteiger partial charge in [-0.2, -0.15) is 0 Å². The highest BCUT2D eigenvalue weighted by atomic mass is 35.5. The summed E-state index contributed by atoms with van der Waals surface area (Å²) < 4.78 is 5.26. The second kappa shape index (κ2) is 7.09. The molecule has 114 valence electrons. The molecule has 2 aromatic rings. The number of amides is 1. The van der Waals surface area contributed by atoms with E-state index in [0.717, 1.165) is 11.1 Å². The fourth-order valence-electron chi connectivity index (χ4n) is 1.93. The summed E-state index contributed by atoms with van der Waals surface area (Å²) >= 11 is 5.88. The second-order valence-corrected chi connectivity index (χ2v) is 5.35. The summed E-state index contributed by atoms with van der Waals surface area (Å²) in [5.41, 5.74) is 2.68. The fraction of sp³-hybridized carbons (Fsp3) is 0.176. The number of nitrogens with one attached hydrogen (secondary N) is 1. The van der Waals surface area contributed by atoms with E-state index in [-0.39, 0.29) is 12.5 Å². The van der Waals surface area contributed by atoms with E-state index in [4.69, 9.17) is 16.3 Å². The van der Waals surface area contributed by atoms with Gasteiger partial charge in [0.2, 0.25) is 5.91 Å². The molecule has 0 spiro atoms. The minimum atomic E-state index is -0.452. The van der Waals surface area contributed by atoms with Crippen LogP contribution in [0, 0.1) is 6.92 Å². The zero-order chi connectivity index (χ0) is 16.1. The first-order valence-electron chi connectivity index (χ1n) is 6.75. The van der Waals surface area contributed by atoms with Gasteiger partial charge in [0.1, 0.15) is 6.61 Å². The molecule has 0 fully saturated rings. The Morgan fingerprint density at radius 2 is 1.95 bits per heavy atom. The van der Waals surface area contributed by atoms with Crippen LogP contribution in [0.15, 0.2) is 42.5 Å². The van der Waals surface area contributed by atoms with Crippen molar-refractivity contribution in [3.8, 4) is 0 Å². The average molecular weight is 318 g/mol. The van der Waals surface area contributed by atoms with E-state index in [1.54, 1.807) is 36.4 Å². The Balaban J connectivity index is 2.07. The summed E-state index contributed by atoms with van der Waals surface area (Å²) in [6, 6.07) is 12.2. The summed E-state index contributed by atoms with van der Waals surface area (Å²) in [5, 5.41) is 3.28. The van der Waals surface area contributed by atoms with Crippen molar-refractivity contribution in [2.75, 3.05) is 5.32 Å². The Kier molecular flexibility index (Phi) is 5.17. The van der Waals surface area contributed by atoms with E-state index in [2.05, 4.69) is 5.32 Å². The van der Waals surface area contributed by atoms with Crippen molar-refractivity contribution in [3.63, 3.8) is 0 Å². The molecule has 0 atom stereocenters. The Morgan fingerprint density at radius 3 is 2.64 bits per heavy atom. The Hall–Kier alpha value is -2.33. The topological polar surface area (TPSA) is 55.4 Å². The Labute approximate surface area is 134 Å². The van der Waals surface area contributed by atoms with Crippen LogP contribution in [0.3, 0.4) is 0 Å². The smallest absolute Gasteiger partial charge is 0.338 e. The van der Waals surface area contributed by atoms with E-state index in [1.807, 2.05) is 13.0 Å². The average Bonchev–Trinajstić information content (AvgIpc) is 2.46. The summed E-state index contributed by atoms with van der Waals surface area (Å²) in [5.74, 6) is -0.640. The van der Waals surface area contributed by atoms with E-state index in [9.17, 15) is 9.59 Å². The molecule has 1 N–H and O–H groups in total. The maximum Gasteiger partial charge on any atom is 0.338 e. The van der Waals surface area contributed by atoms with Crippen molar-refractivity contribution in [2.24, 2.45) is 0 Å². The molecule has 0 aliphatic heterocycles. The van der Waals surface area contributed by atoms with Gasteiger partial charge in [0, 0.05) is 17.6 Å². The SMILES string of the molecule is CC(=O)Nc1cc(C(=O)OCc2cccc(Cl)c2)ccc1C. The van der Waals surface area contributed by atoms with Gasteiger partial charge in [-0.05, 0) is 42.3 Å². The van der Waals surface area contributed by atoms with Crippen LogP contribution < -0.4 is 5.32 Å². The van der Waals surface area contributed by atoms with E-state index in [1.165, 1.54) is 6.92 Å². The Morgan fingerprint density at radius 1 is 1.18 bits per heavy atom. The summed E-state index contributed by atoms with van der Waals surface area (Å²) in [6.07, 6.45) is 0. The van der Waals surface area contributed by atoms with Crippen LogP contribution in [0.25, 0.3) is 0 Å². The summed E-state index contributed by atoms with van der Waals surface area (Å²) in [6.45, 7) is 3.42. The van der Waals surface area contributed by atoms with E-state index in [0.29, 0.717) is 16.3 Å². The lowest BCUT2D eigenvalue weighted by Crippen LogP contribution is -2.10. The predicted octanol–water partition coefficient (Wildman–Crippen LogP) is 3.96. The lowest BCUT2D eigenvalue weighted by atomic mass is 10.1. The third-order valence-corrected chi connectivity index (χ3v) is 3.28. The summed E-state index contributed by atoms with van der Waals surface area (Å²) in [7, 11) is 0.